The Balaban J connectivity index is 1.57. The highest BCUT2D eigenvalue weighted by molar-refractivity contribution is 8.00. The first-order valence-corrected chi connectivity index (χ1v) is 8.06. The molecule has 1 saturated carbocycles. The maximum absolute atomic E-state index is 14.2. The van der Waals surface area contributed by atoms with Crippen LogP contribution in [0.15, 0.2) is 35.5 Å². The number of nitrogens with zero attached hydrogens (tertiary/aromatic N) is 3. The highest BCUT2D eigenvalue weighted by Crippen LogP contribution is 2.46. The Kier molecular flexibility index (Phi) is 3.18. The van der Waals surface area contributed by atoms with E-state index in [0.29, 0.717) is 23.8 Å². The number of hydrogen-bond donors (Lipinski definition) is 1. The quantitative estimate of drug-likeness (QED) is 0.938. The first-order chi connectivity index (χ1) is 10.6. The van der Waals surface area contributed by atoms with Gasteiger partial charge in [-0.05, 0) is 12.0 Å². The fourth-order valence-corrected chi connectivity index (χ4v) is 4.00. The molecule has 1 fully saturated rings. The van der Waals surface area contributed by atoms with Gasteiger partial charge in [0.15, 0.2) is 12.0 Å². The van der Waals surface area contributed by atoms with Crippen LogP contribution in [0.1, 0.15) is 36.4 Å². The molecule has 1 aliphatic heterocycles. The van der Waals surface area contributed by atoms with Gasteiger partial charge >= 0.3 is 5.97 Å². The van der Waals surface area contributed by atoms with E-state index in [9.17, 15) is 9.18 Å². The zero-order valence-electron chi connectivity index (χ0n) is 11.6. The maximum atomic E-state index is 14.2. The number of carboxylic acids is 1. The van der Waals surface area contributed by atoms with Crippen LogP contribution in [0.4, 0.5) is 4.39 Å². The molecule has 0 spiro atoms. The van der Waals surface area contributed by atoms with Crippen molar-refractivity contribution in [3.63, 3.8) is 0 Å². The van der Waals surface area contributed by atoms with Gasteiger partial charge in [-0.1, -0.05) is 42.1 Å². The molecule has 4 rings (SSSR count). The Labute approximate surface area is 130 Å². The lowest BCUT2D eigenvalue weighted by molar-refractivity contribution is -0.138. The van der Waals surface area contributed by atoms with E-state index in [-0.39, 0.29) is 17.2 Å². The van der Waals surface area contributed by atoms with Crippen LogP contribution in [0.25, 0.3) is 0 Å². The van der Waals surface area contributed by atoms with Crippen LogP contribution < -0.4 is 0 Å². The van der Waals surface area contributed by atoms with Gasteiger partial charge < -0.3 is 5.11 Å². The van der Waals surface area contributed by atoms with Gasteiger partial charge in [0.25, 0.3) is 0 Å². The SMILES string of the molecule is O=C(O)C1CC1Sc1nc2n(n1)[C@H](c1ccccc1)C[C@@H]2F. The number of alkyl halides is 1. The highest BCUT2D eigenvalue weighted by atomic mass is 32.2. The Morgan fingerprint density at radius 2 is 2.09 bits per heavy atom. The molecule has 0 bridgehead atoms. The third-order valence-electron chi connectivity index (χ3n) is 4.13. The molecule has 7 heteroatoms. The van der Waals surface area contributed by atoms with E-state index in [4.69, 9.17) is 5.11 Å². The minimum absolute atomic E-state index is 0.00821. The summed E-state index contributed by atoms with van der Waals surface area (Å²) in [6, 6.07) is 9.56. The van der Waals surface area contributed by atoms with Crippen molar-refractivity contribution in [1.82, 2.24) is 14.8 Å². The molecular formula is C15H14FN3O2S. The van der Waals surface area contributed by atoms with Gasteiger partial charge in [0.2, 0.25) is 5.16 Å². The lowest BCUT2D eigenvalue weighted by atomic mass is 10.0. The van der Waals surface area contributed by atoms with Gasteiger partial charge in [0, 0.05) is 11.7 Å². The third-order valence-corrected chi connectivity index (χ3v) is 5.34. The van der Waals surface area contributed by atoms with Crippen molar-refractivity contribution in [3.8, 4) is 0 Å². The molecule has 1 aliphatic carbocycles. The van der Waals surface area contributed by atoms with Crippen LogP contribution in [0.3, 0.4) is 0 Å². The number of aliphatic carboxylic acids is 1. The minimum atomic E-state index is -1.12. The number of fused-ring (bicyclic) bond motifs is 1. The van der Waals surface area contributed by atoms with E-state index < -0.39 is 12.1 Å². The highest BCUT2D eigenvalue weighted by Gasteiger charge is 2.45. The number of thioether (sulfide) groups is 1. The van der Waals surface area contributed by atoms with E-state index in [2.05, 4.69) is 10.1 Å². The van der Waals surface area contributed by atoms with Crippen LogP contribution in [0.5, 0.6) is 0 Å². The molecule has 4 atom stereocenters. The number of aromatic nitrogens is 3. The van der Waals surface area contributed by atoms with Crippen LogP contribution in [-0.4, -0.2) is 31.1 Å². The molecular weight excluding hydrogens is 305 g/mol. The zero-order chi connectivity index (χ0) is 15.3. The predicted molar refractivity (Wildman–Crippen MR) is 78.5 cm³/mol. The monoisotopic (exact) mass is 319 g/mol. The standard InChI is InChI=1S/C15H14FN3O2S/c16-10-7-11(8-4-2-1-3-5-8)19-13(10)17-15(18-19)22-12-6-9(12)14(20)21/h1-5,9-12H,6-7H2,(H,20,21)/t9?,10-,11-,12?/m0/s1. The topological polar surface area (TPSA) is 68.0 Å². The Morgan fingerprint density at radius 1 is 1.32 bits per heavy atom. The Hall–Kier alpha value is -1.89. The van der Waals surface area contributed by atoms with Crippen molar-refractivity contribution < 1.29 is 14.3 Å². The lowest BCUT2D eigenvalue weighted by Crippen LogP contribution is -2.07. The van der Waals surface area contributed by atoms with Crippen molar-refractivity contribution in [3.05, 3.63) is 41.7 Å². The van der Waals surface area contributed by atoms with Crippen LogP contribution in [0, 0.1) is 5.92 Å². The normalized spacial score (nSPS) is 29.3. The van der Waals surface area contributed by atoms with E-state index in [1.54, 1.807) is 4.68 Å². The van der Waals surface area contributed by atoms with Crippen molar-refractivity contribution in [2.24, 2.45) is 5.92 Å². The van der Waals surface area contributed by atoms with E-state index in [1.807, 2.05) is 30.3 Å². The first kappa shape index (κ1) is 13.8. The lowest BCUT2D eigenvalue weighted by Gasteiger charge is -2.11. The summed E-state index contributed by atoms with van der Waals surface area (Å²) in [6.45, 7) is 0. The zero-order valence-corrected chi connectivity index (χ0v) is 12.4. The predicted octanol–water partition coefficient (Wildman–Crippen LogP) is 2.85. The van der Waals surface area contributed by atoms with E-state index in [0.717, 1.165) is 5.56 Å². The van der Waals surface area contributed by atoms with E-state index >= 15 is 0 Å². The van der Waals surface area contributed by atoms with Crippen molar-refractivity contribution in [2.75, 3.05) is 0 Å². The van der Waals surface area contributed by atoms with Crippen LogP contribution in [0.2, 0.25) is 0 Å². The number of hydrogen-bond acceptors (Lipinski definition) is 4. The maximum Gasteiger partial charge on any atom is 0.307 e. The fourth-order valence-electron chi connectivity index (χ4n) is 2.86. The van der Waals surface area contributed by atoms with Gasteiger partial charge in [0.1, 0.15) is 0 Å². The number of benzene rings is 1. The number of rotatable bonds is 4. The largest absolute Gasteiger partial charge is 0.481 e. The molecule has 1 aromatic carbocycles. The molecule has 5 nitrogen and oxygen atoms in total. The van der Waals surface area contributed by atoms with Gasteiger partial charge in [-0.3, -0.25) is 4.79 Å². The molecule has 0 radical (unpaired) electrons. The van der Waals surface area contributed by atoms with Gasteiger partial charge in [-0.15, -0.1) is 5.10 Å². The number of carboxylic acid groups (broad SMARTS) is 1. The second-order valence-corrected chi connectivity index (χ2v) is 6.87. The summed E-state index contributed by atoms with van der Waals surface area (Å²) in [7, 11) is 0. The molecule has 114 valence electrons. The van der Waals surface area contributed by atoms with Gasteiger partial charge in [-0.2, -0.15) is 0 Å². The third kappa shape index (κ3) is 2.29. The smallest absolute Gasteiger partial charge is 0.307 e. The summed E-state index contributed by atoms with van der Waals surface area (Å²) in [6.07, 6.45) is -0.141. The van der Waals surface area contributed by atoms with Crippen molar-refractivity contribution >= 4 is 17.7 Å². The van der Waals surface area contributed by atoms with E-state index in [1.165, 1.54) is 11.8 Å². The number of carbonyl (C=O) groups is 1. The molecule has 0 saturated heterocycles. The Morgan fingerprint density at radius 3 is 2.77 bits per heavy atom. The van der Waals surface area contributed by atoms with Crippen LogP contribution >= 0.6 is 11.8 Å². The summed E-state index contributed by atoms with van der Waals surface area (Å²) in [5.74, 6) is -0.756. The van der Waals surface area contributed by atoms with Crippen molar-refractivity contribution in [1.29, 1.82) is 0 Å². The molecule has 22 heavy (non-hydrogen) atoms. The summed E-state index contributed by atoms with van der Waals surface area (Å²) >= 11 is 1.34. The van der Waals surface area contributed by atoms with Gasteiger partial charge in [-0.25, -0.2) is 14.1 Å². The minimum Gasteiger partial charge on any atom is -0.481 e. The summed E-state index contributed by atoms with van der Waals surface area (Å²) < 4.78 is 15.8. The average molecular weight is 319 g/mol. The summed E-state index contributed by atoms with van der Waals surface area (Å²) in [5, 5.41) is 13.8. The van der Waals surface area contributed by atoms with Gasteiger partial charge in [0.05, 0.1) is 12.0 Å². The first-order valence-electron chi connectivity index (χ1n) is 7.18. The molecule has 2 heterocycles. The number of halogens is 1. The molecule has 0 amide bonds. The second-order valence-electron chi connectivity index (χ2n) is 5.66. The summed E-state index contributed by atoms with van der Waals surface area (Å²) in [5.41, 5.74) is 1.01. The summed E-state index contributed by atoms with van der Waals surface area (Å²) in [4.78, 5) is 15.1. The fraction of sp³-hybridized carbons (Fsp3) is 0.400. The molecule has 2 aromatic rings. The molecule has 2 aliphatic rings. The molecule has 1 aromatic heterocycles. The second kappa shape index (κ2) is 5.08. The van der Waals surface area contributed by atoms with Crippen LogP contribution in [-0.2, 0) is 4.79 Å². The molecule has 1 N–H and O–H groups in total. The van der Waals surface area contributed by atoms with Crippen molar-refractivity contribution in [2.45, 2.75) is 35.5 Å². The average Bonchev–Trinajstić information content (AvgIpc) is 3.05. The molecule has 2 unspecified atom stereocenters. The Bertz CT molecular complexity index is 721.